The summed E-state index contributed by atoms with van der Waals surface area (Å²) in [4.78, 5) is 0. The van der Waals surface area contributed by atoms with E-state index in [1.165, 1.54) is 12.8 Å². The molecule has 1 atom stereocenters. The molecular weight excluding hydrogens is 158 g/mol. The van der Waals surface area contributed by atoms with Crippen molar-refractivity contribution < 1.29 is 4.21 Å². The molecule has 1 saturated carbocycles. The van der Waals surface area contributed by atoms with Crippen LogP contribution in [0.3, 0.4) is 0 Å². The summed E-state index contributed by atoms with van der Waals surface area (Å²) in [5.41, 5.74) is 0. The molecule has 0 aliphatic heterocycles. The first-order chi connectivity index (χ1) is 5.33. The Morgan fingerprint density at radius 1 is 1.55 bits per heavy atom. The molecule has 2 nitrogen and oxygen atoms in total. The molecule has 1 fully saturated rings. The minimum atomic E-state index is -0.561. The highest BCUT2D eigenvalue weighted by atomic mass is 32.2. The van der Waals surface area contributed by atoms with E-state index in [1.807, 2.05) is 6.92 Å². The van der Waals surface area contributed by atoms with Gasteiger partial charge in [0.25, 0.3) is 0 Å². The molecule has 0 heterocycles. The minimum absolute atomic E-state index is 0.561. The fraction of sp³-hybridized carbons (Fsp3) is 1.00. The maximum atomic E-state index is 11.0. The lowest BCUT2D eigenvalue weighted by Gasteiger charge is -2.00. The van der Waals surface area contributed by atoms with Gasteiger partial charge in [-0.25, -0.2) is 0 Å². The van der Waals surface area contributed by atoms with Crippen LogP contribution in [0.2, 0.25) is 0 Å². The molecule has 1 aliphatic rings. The molecular formula is C8H17NOS. The molecule has 66 valence electrons. The van der Waals surface area contributed by atoms with Crippen LogP contribution in [0, 0.1) is 0 Å². The molecule has 0 saturated heterocycles. The van der Waals surface area contributed by atoms with Crippen LogP contribution in [-0.2, 0) is 10.8 Å². The lowest BCUT2D eigenvalue weighted by Crippen LogP contribution is -2.19. The predicted molar refractivity (Wildman–Crippen MR) is 49.2 cm³/mol. The highest BCUT2D eigenvalue weighted by molar-refractivity contribution is 7.84. The van der Waals surface area contributed by atoms with Crippen LogP contribution in [0.5, 0.6) is 0 Å². The van der Waals surface area contributed by atoms with Crippen molar-refractivity contribution in [1.29, 1.82) is 0 Å². The first-order valence-electron chi connectivity index (χ1n) is 4.41. The fourth-order valence-corrected chi connectivity index (χ4v) is 1.73. The van der Waals surface area contributed by atoms with E-state index in [0.717, 1.165) is 30.5 Å². The van der Waals surface area contributed by atoms with Gasteiger partial charge in [-0.2, -0.15) is 0 Å². The van der Waals surface area contributed by atoms with Gasteiger partial charge in [-0.1, -0.05) is 6.92 Å². The Morgan fingerprint density at radius 2 is 2.27 bits per heavy atom. The molecule has 0 aromatic carbocycles. The second-order valence-electron chi connectivity index (χ2n) is 3.01. The fourth-order valence-electron chi connectivity index (χ4n) is 0.971. The van der Waals surface area contributed by atoms with E-state index in [2.05, 4.69) is 5.32 Å². The monoisotopic (exact) mass is 175 g/mol. The van der Waals surface area contributed by atoms with Gasteiger partial charge in [-0.15, -0.1) is 0 Å². The van der Waals surface area contributed by atoms with Gasteiger partial charge in [0.05, 0.1) is 0 Å². The van der Waals surface area contributed by atoms with Crippen LogP contribution in [0.15, 0.2) is 0 Å². The van der Waals surface area contributed by atoms with E-state index in [1.54, 1.807) is 0 Å². The maximum absolute atomic E-state index is 11.0. The number of hydrogen-bond acceptors (Lipinski definition) is 2. The first kappa shape index (κ1) is 9.20. The Balaban J connectivity index is 1.82. The van der Waals surface area contributed by atoms with Crippen LogP contribution in [0.1, 0.15) is 26.2 Å². The van der Waals surface area contributed by atoms with Gasteiger partial charge in [0.2, 0.25) is 0 Å². The largest absolute Gasteiger partial charge is 0.314 e. The van der Waals surface area contributed by atoms with Crippen molar-refractivity contribution in [2.45, 2.75) is 32.2 Å². The Labute approximate surface area is 71.2 Å². The summed E-state index contributed by atoms with van der Waals surface area (Å²) < 4.78 is 11.0. The molecule has 0 radical (unpaired) electrons. The van der Waals surface area contributed by atoms with Crippen molar-refractivity contribution >= 4 is 10.8 Å². The topological polar surface area (TPSA) is 29.1 Å². The summed E-state index contributed by atoms with van der Waals surface area (Å²) in [5.74, 6) is 1.68. The third-order valence-corrected chi connectivity index (χ3v) is 3.27. The molecule has 0 spiro atoms. The Bertz CT molecular complexity index is 134. The van der Waals surface area contributed by atoms with Crippen LogP contribution in [0.4, 0.5) is 0 Å². The second-order valence-corrected chi connectivity index (χ2v) is 4.88. The number of hydrogen-bond donors (Lipinski definition) is 1. The van der Waals surface area contributed by atoms with Gasteiger partial charge in [0.15, 0.2) is 0 Å². The highest BCUT2D eigenvalue weighted by Crippen LogP contribution is 2.18. The van der Waals surface area contributed by atoms with E-state index in [9.17, 15) is 4.21 Å². The average Bonchev–Trinajstić information content (AvgIpc) is 2.81. The van der Waals surface area contributed by atoms with Crippen molar-refractivity contribution in [3.8, 4) is 0 Å². The smallest absolute Gasteiger partial charge is 0.0246 e. The van der Waals surface area contributed by atoms with Gasteiger partial charge in [0.1, 0.15) is 0 Å². The van der Waals surface area contributed by atoms with E-state index < -0.39 is 10.8 Å². The van der Waals surface area contributed by atoms with Crippen molar-refractivity contribution in [3.05, 3.63) is 0 Å². The maximum Gasteiger partial charge on any atom is 0.0246 e. The van der Waals surface area contributed by atoms with Crippen molar-refractivity contribution in [3.63, 3.8) is 0 Å². The molecule has 0 aromatic rings. The zero-order valence-electron chi connectivity index (χ0n) is 7.14. The third-order valence-electron chi connectivity index (χ3n) is 1.88. The predicted octanol–water partition coefficient (Wildman–Crippen LogP) is 0.897. The molecule has 1 rings (SSSR count). The van der Waals surface area contributed by atoms with Crippen molar-refractivity contribution in [2.75, 3.05) is 18.1 Å². The summed E-state index contributed by atoms with van der Waals surface area (Å²) in [5, 5.41) is 3.40. The minimum Gasteiger partial charge on any atom is -0.314 e. The van der Waals surface area contributed by atoms with Crippen LogP contribution >= 0.6 is 0 Å². The lowest BCUT2D eigenvalue weighted by molar-refractivity contribution is 0.657. The van der Waals surface area contributed by atoms with Gasteiger partial charge < -0.3 is 5.32 Å². The molecule has 0 amide bonds. The number of nitrogens with one attached hydrogen (secondary N) is 1. The highest BCUT2D eigenvalue weighted by Gasteiger charge is 2.19. The molecule has 0 bridgehead atoms. The molecule has 1 aliphatic carbocycles. The van der Waals surface area contributed by atoms with Gasteiger partial charge in [-0.05, 0) is 25.8 Å². The Kier molecular flexibility index (Phi) is 4.08. The summed E-state index contributed by atoms with van der Waals surface area (Å²) in [6, 6.07) is 0.796. The quantitative estimate of drug-likeness (QED) is 0.608. The second kappa shape index (κ2) is 4.88. The van der Waals surface area contributed by atoms with Gasteiger partial charge in [-0.3, -0.25) is 4.21 Å². The van der Waals surface area contributed by atoms with E-state index in [0.29, 0.717) is 0 Å². The molecule has 1 unspecified atom stereocenters. The summed E-state index contributed by atoms with van der Waals surface area (Å²) in [7, 11) is -0.561. The Hall–Kier alpha value is 0.110. The van der Waals surface area contributed by atoms with Crippen LogP contribution in [0.25, 0.3) is 0 Å². The van der Waals surface area contributed by atoms with Gasteiger partial charge in [0, 0.05) is 28.3 Å². The lowest BCUT2D eigenvalue weighted by atomic mass is 10.5. The molecule has 0 aromatic heterocycles. The zero-order chi connectivity index (χ0) is 8.10. The van der Waals surface area contributed by atoms with E-state index in [4.69, 9.17) is 0 Å². The standard InChI is InChI=1S/C8H17NOS/c1-2-11(10)7-3-6-9-8-4-5-8/h8-9H,2-7H2,1H3. The molecule has 3 heteroatoms. The first-order valence-corrected chi connectivity index (χ1v) is 5.90. The zero-order valence-corrected chi connectivity index (χ0v) is 7.95. The van der Waals surface area contributed by atoms with E-state index in [-0.39, 0.29) is 0 Å². The summed E-state index contributed by atoms with van der Waals surface area (Å²) in [6.45, 7) is 3.03. The normalized spacial score (nSPS) is 20.1. The van der Waals surface area contributed by atoms with Crippen molar-refractivity contribution in [2.24, 2.45) is 0 Å². The SMILES string of the molecule is CCS(=O)CCCNC1CC1. The summed E-state index contributed by atoms with van der Waals surface area (Å²) >= 11 is 0. The molecule has 1 N–H and O–H groups in total. The average molecular weight is 175 g/mol. The number of rotatable bonds is 6. The van der Waals surface area contributed by atoms with Crippen LogP contribution < -0.4 is 5.32 Å². The Morgan fingerprint density at radius 3 is 2.82 bits per heavy atom. The van der Waals surface area contributed by atoms with Crippen LogP contribution in [-0.4, -0.2) is 28.3 Å². The van der Waals surface area contributed by atoms with Gasteiger partial charge >= 0.3 is 0 Å². The van der Waals surface area contributed by atoms with E-state index >= 15 is 0 Å². The molecule has 11 heavy (non-hydrogen) atoms. The third kappa shape index (κ3) is 4.53. The summed E-state index contributed by atoms with van der Waals surface area (Å²) in [6.07, 6.45) is 3.75. The van der Waals surface area contributed by atoms with Crippen molar-refractivity contribution in [1.82, 2.24) is 5.32 Å².